The van der Waals surface area contributed by atoms with E-state index in [-0.39, 0.29) is 17.4 Å². The van der Waals surface area contributed by atoms with Crippen molar-refractivity contribution in [2.24, 2.45) is 5.73 Å². The molecule has 10 heteroatoms. The van der Waals surface area contributed by atoms with Gasteiger partial charge >= 0.3 is 5.69 Å². The summed E-state index contributed by atoms with van der Waals surface area (Å²) in [5.41, 5.74) is 8.39. The van der Waals surface area contributed by atoms with Crippen LogP contribution in [0.3, 0.4) is 0 Å². The monoisotopic (exact) mass is 556 g/mol. The lowest BCUT2D eigenvalue weighted by Crippen LogP contribution is -2.25. The average molecular weight is 557 g/mol. The first-order valence-electron chi connectivity index (χ1n) is 13.8. The molecule has 0 aliphatic carbocycles. The van der Waals surface area contributed by atoms with E-state index in [4.69, 9.17) is 30.5 Å². The number of amidine groups is 1. The van der Waals surface area contributed by atoms with Crippen LogP contribution in [-0.4, -0.2) is 66.0 Å². The molecule has 214 valence electrons. The van der Waals surface area contributed by atoms with Crippen molar-refractivity contribution in [2.75, 3.05) is 40.5 Å². The number of ether oxygens (including phenoxy) is 3. The fourth-order valence-electron chi connectivity index (χ4n) is 5.21. The molecule has 1 saturated heterocycles. The smallest absolute Gasteiger partial charge is 0.348 e. The standard InChI is InChI=1S/C31H36N6O4/c1-39-26-8-4-3-7-25(26)37-31(38)34-30(35-37)24(19-21-9-11-22(12-10-21)29(32)33)23-13-14-27(28(20-23)40-2)41-18-17-36-15-5-6-16-36/h3-4,7-14,20,24H,5-6,15-19H2,1-2H3,(H3,32,33)(H,34,35,38). The summed E-state index contributed by atoms with van der Waals surface area (Å²) in [4.78, 5) is 18.5. The Kier molecular flexibility index (Phi) is 8.69. The second kappa shape index (κ2) is 12.7. The highest BCUT2D eigenvalue weighted by Crippen LogP contribution is 2.34. The summed E-state index contributed by atoms with van der Waals surface area (Å²) in [6, 6.07) is 20.6. The van der Waals surface area contributed by atoms with E-state index in [2.05, 4.69) is 9.88 Å². The van der Waals surface area contributed by atoms with Crippen molar-refractivity contribution in [1.29, 1.82) is 5.41 Å². The van der Waals surface area contributed by atoms with Gasteiger partial charge in [-0.25, -0.2) is 4.79 Å². The van der Waals surface area contributed by atoms with Gasteiger partial charge in [0.25, 0.3) is 0 Å². The summed E-state index contributed by atoms with van der Waals surface area (Å²) in [5.74, 6) is 2.04. The number of nitrogen functional groups attached to an aromatic ring is 1. The summed E-state index contributed by atoms with van der Waals surface area (Å²) < 4.78 is 18.6. The first-order chi connectivity index (χ1) is 20.0. The van der Waals surface area contributed by atoms with Gasteiger partial charge in [-0.2, -0.15) is 4.68 Å². The second-order valence-corrected chi connectivity index (χ2v) is 10.1. The van der Waals surface area contributed by atoms with Crippen LogP contribution in [-0.2, 0) is 6.42 Å². The van der Waals surface area contributed by atoms with E-state index >= 15 is 0 Å². The van der Waals surface area contributed by atoms with Crippen LogP contribution in [0.4, 0.5) is 0 Å². The molecule has 1 atom stereocenters. The third-order valence-electron chi connectivity index (χ3n) is 7.44. The molecule has 0 spiro atoms. The lowest BCUT2D eigenvalue weighted by Gasteiger charge is -2.19. The number of hydrogen-bond acceptors (Lipinski definition) is 7. The number of hydrogen-bond donors (Lipinski definition) is 3. The molecule has 0 amide bonds. The lowest BCUT2D eigenvalue weighted by atomic mass is 9.90. The van der Waals surface area contributed by atoms with Gasteiger partial charge in [0.05, 0.1) is 14.2 Å². The summed E-state index contributed by atoms with van der Waals surface area (Å²) >= 11 is 0. The molecular formula is C31H36N6O4. The average Bonchev–Trinajstić information content (AvgIpc) is 3.66. The second-order valence-electron chi connectivity index (χ2n) is 10.1. The molecule has 4 N–H and O–H groups in total. The molecule has 3 aromatic carbocycles. The van der Waals surface area contributed by atoms with Crippen LogP contribution in [0, 0.1) is 5.41 Å². The highest BCUT2D eigenvalue weighted by Gasteiger charge is 2.23. The fraction of sp³-hybridized carbons (Fsp3) is 0.323. The Morgan fingerprint density at radius 2 is 1.73 bits per heavy atom. The normalized spacial score (nSPS) is 14.1. The zero-order valence-electron chi connectivity index (χ0n) is 23.4. The van der Waals surface area contributed by atoms with E-state index in [1.807, 2.05) is 54.6 Å². The van der Waals surface area contributed by atoms with Gasteiger partial charge < -0.3 is 19.9 Å². The van der Waals surface area contributed by atoms with Crippen molar-refractivity contribution >= 4 is 5.84 Å². The molecule has 1 fully saturated rings. The van der Waals surface area contributed by atoms with Gasteiger partial charge in [-0.3, -0.25) is 15.3 Å². The number of aromatic amines is 1. The Bertz CT molecular complexity index is 1540. The third kappa shape index (κ3) is 6.44. The van der Waals surface area contributed by atoms with Crippen LogP contribution >= 0.6 is 0 Å². The summed E-state index contributed by atoms with van der Waals surface area (Å²) in [6.07, 6.45) is 3.02. The maximum atomic E-state index is 13.1. The van der Waals surface area contributed by atoms with E-state index in [1.54, 1.807) is 26.4 Å². The number of nitrogens with zero attached hydrogens (tertiary/aromatic N) is 3. The molecular weight excluding hydrogens is 520 g/mol. The molecule has 41 heavy (non-hydrogen) atoms. The number of methoxy groups -OCH3 is 2. The summed E-state index contributed by atoms with van der Waals surface area (Å²) in [6.45, 7) is 3.70. The SMILES string of the molecule is COc1cc(C(Cc2ccc(C(=N)N)cc2)c2nn(-c3ccccc3OC)c(=O)[nH]2)ccc1OCCN1CCCC1. The minimum Gasteiger partial charge on any atom is -0.494 e. The quantitative estimate of drug-likeness (QED) is 0.179. The number of nitrogens with one attached hydrogen (secondary N) is 2. The topological polar surface area (TPSA) is 131 Å². The Morgan fingerprint density at radius 3 is 2.44 bits per heavy atom. The van der Waals surface area contributed by atoms with Crippen LogP contribution in [0.15, 0.2) is 71.5 Å². The van der Waals surface area contributed by atoms with Gasteiger partial charge in [0.15, 0.2) is 11.5 Å². The molecule has 1 aliphatic heterocycles. The van der Waals surface area contributed by atoms with Crippen molar-refractivity contribution in [1.82, 2.24) is 19.7 Å². The largest absolute Gasteiger partial charge is 0.494 e. The number of para-hydroxylation sites is 2. The van der Waals surface area contributed by atoms with Gasteiger partial charge in [-0.15, -0.1) is 5.10 Å². The highest BCUT2D eigenvalue weighted by atomic mass is 16.5. The first kappa shape index (κ1) is 28.0. The molecule has 0 radical (unpaired) electrons. The summed E-state index contributed by atoms with van der Waals surface area (Å²) in [5, 5.41) is 12.4. The maximum absolute atomic E-state index is 13.1. The van der Waals surface area contributed by atoms with Crippen molar-refractivity contribution in [3.63, 3.8) is 0 Å². The summed E-state index contributed by atoms with van der Waals surface area (Å²) in [7, 11) is 3.19. The van der Waals surface area contributed by atoms with Crippen LogP contribution in [0.1, 0.15) is 41.3 Å². The molecule has 5 rings (SSSR count). The van der Waals surface area contributed by atoms with Gasteiger partial charge in [-0.1, -0.05) is 42.5 Å². The van der Waals surface area contributed by atoms with Crippen LogP contribution < -0.4 is 25.6 Å². The first-order valence-corrected chi connectivity index (χ1v) is 13.8. The molecule has 1 aromatic heterocycles. The predicted octanol–water partition coefficient (Wildman–Crippen LogP) is 3.71. The van der Waals surface area contributed by atoms with Gasteiger partial charge in [0, 0.05) is 18.0 Å². The third-order valence-corrected chi connectivity index (χ3v) is 7.44. The lowest BCUT2D eigenvalue weighted by molar-refractivity contribution is 0.230. The van der Waals surface area contributed by atoms with Crippen LogP contribution in [0.25, 0.3) is 5.69 Å². The minimum absolute atomic E-state index is 0.0121. The molecule has 10 nitrogen and oxygen atoms in total. The Hall–Kier alpha value is -4.57. The molecule has 2 heterocycles. The predicted molar refractivity (Wildman–Crippen MR) is 158 cm³/mol. The van der Waals surface area contributed by atoms with Crippen molar-refractivity contribution in [3.8, 4) is 22.9 Å². The Labute approximate surface area is 239 Å². The van der Waals surface area contributed by atoms with Crippen LogP contribution in [0.2, 0.25) is 0 Å². The minimum atomic E-state index is -0.366. The number of rotatable bonds is 12. The molecule has 0 saturated carbocycles. The molecule has 1 unspecified atom stereocenters. The van der Waals surface area contributed by atoms with Gasteiger partial charge in [0.2, 0.25) is 0 Å². The Morgan fingerprint density at radius 1 is 1.00 bits per heavy atom. The van der Waals surface area contributed by atoms with E-state index < -0.39 is 0 Å². The number of nitrogens with two attached hydrogens (primary N) is 1. The van der Waals surface area contributed by atoms with E-state index in [1.165, 1.54) is 17.5 Å². The zero-order chi connectivity index (χ0) is 28.8. The molecule has 1 aliphatic rings. The number of benzene rings is 3. The van der Waals surface area contributed by atoms with Crippen LogP contribution in [0.5, 0.6) is 17.2 Å². The number of likely N-dealkylation sites (tertiary alicyclic amines) is 1. The zero-order valence-corrected chi connectivity index (χ0v) is 23.4. The maximum Gasteiger partial charge on any atom is 0.348 e. The molecule has 0 bridgehead atoms. The van der Waals surface area contributed by atoms with Crippen molar-refractivity contribution < 1.29 is 14.2 Å². The fourth-order valence-corrected chi connectivity index (χ4v) is 5.21. The van der Waals surface area contributed by atoms with Gasteiger partial charge in [-0.05, 0) is 67.7 Å². The Balaban J connectivity index is 1.48. The van der Waals surface area contributed by atoms with Gasteiger partial charge in [0.1, 0.15) is 29.7 Å². The molecule has 4 aromatic rings. The van der Waals surface area contributed by atoms with E-state index in [0.717, 1.165) is 30.8 Å². The van der Waals surface area contributed by atoms with E-state index in [0.29, 0.717) is 47.4 Å². The van der Waals surface area contributed by atoms with Crippen molar-refractivity contribution in [2.45, 2.75) is 25.2 Å². The van der Waals surface area contributed by atoms with Crippen molar-refractivity contribution in [3.05, 3.63) is 99.7 Å². The number of H-pyrrole nitrogens is 1. The number of aromatic nitrogens is 3. The highest BCUT2D eigenvalue weighted by molar-refractivity contribution is 5.94. The van der Waals surface area contributed by atoms with E-state index in [9.17, 15) is 4.79 Å².